The van der Waals surface area contributed by atoms with Gasteiger partial charge in [-0.1, -0.05) is 0 Å². The summed E-state index contributed by atoms with van der Waals surface area (Å²) in [5, 5.41) is 6.94. The number of furan rings is 1. The van der Waals surface area contributed by atoms with Gasteiger partial charge in [-0.3, -0.25) is 14.4 Å². The van der Waals surface area contributed by atoms with E-state index in [4.69, 9.17) is 4.42 Å². The van der Waals surface area contributed by atoms with Crippen LogP contribution in [-0.2, 0) is 11.3 Å². The zero-order valence-electron chi connectivity index (χ0n) is 16.3. The van der Waals surface area contributed by atoms with E-state index in [1.54, 1.807) is 18.2 Å². The summed E-state index contributed by atoms with van der Waals surface area (Å²) < 4.78 is 32.8. The molecule has 1 fully saturated rings. The molecule has 4 rings (SSSR count). The lowest BCUT2D eigenvalue weighted by Crippen LogP contribution is -2.56. The molecular formula is C21H18F2N4O4. The van der Waals surface area contributed by atoms with E-state index in [9.17, 15) is 23.2 Å². The minimum atomic E-state index is -1.10. The maximum atomic E-state index is 13.3. The maximum absolute atomic E-state index is 13.3. The maximum Gasteiger partial charge on any atom is 0.266 e. The Balaban J connectivity index is 1.27. The molecule has 1 aromatic carbocycles. The number of aromatic nitrogens is 2. The van der Waals surface area contributed by atoms with E-state index in [-0.39, 0.29) is 43.2 Å². The summed E-state index contributed by atoms with van der Waals surface area (Å²) in [6.45, 7) is 0.704. The van der Waals surface area contributed by atoms with Crippen LogP contribution in [-0.4, -0.2) is 46.1 Å². The smallest absolute Gasteiger partial charge is 0.266 e. The van der Waals surface area contributed by atoms with E-state index < -0.39 is 23.5 Å². The van der Waals surface area contributed by atoms with Crippen LogP contribution >= 0.6 is 0 Å². The van der Waals surface area contributed by atoms with Crippen LogP contribution in [0.1, 0.15) is 10.4 Å². The minimum absolute atomic E-state index is 0.0275. The Morgan fingerprint density at radius 3 is 2.65 bits per heavy atom. The molecule has 0 unspecified atom stereocenters. The van der Waals surface area contributed by atoms with Crippen molar-refractivity contribution in [3.8, 4) is 11.5 Å². The highest BCUT2D eigenvalue weighted by Crippen LogP contribution is 2.20. The third-order valence-electron chi connectivity index (χ3n) is 4.97. The first kappa shape index (κ1) is 20.5. The number of amides is 2. The molecule has 0 bridgehead atoms. The molecule has 0 aliphatic carbocycles. The second kappa shape index (κ2) is 8.50. The summed E-state index contributed by atoms with van der Waals surface area (Å²) in [5.41, 5.74) is 0.220. The molecule has 8 nitrogen and oxygen atoms in total. The standard InChI is InChI=1S/C21H18F2N4O4/c22-15-4-3-13(10-16(15)23)21(30)26-11-14(12-26)20(29)24-7-8-27-19(28)6-5-17(25-27)18-2-1-9-31-18/h1-6,9-10,14H,7-8,11-12H2,(H,24,29). The van der Waals surface area contributed by atoms with Crippen molar-refractivity contribution in [2.75, 3.05) is 19.6 Å². The van der Waals surface area contributed by atoms with Gasteiger partial charge in [0.25, 0.3) is 11.5 Å². The Morgan fingerprint density at radius 1 is 1.13 bits per heavy atom. The van der Waals surface area contributed by atoms with Gasteiger partial charge >= 0.3 is 0 Å². The molecule has 10 heteroatoms. The summed E-state index contributed by atoms with van der Waals surface area (Å²) in [4.78, 5) is 37.9. The molecule has 160 valence electrons. The summed E-state index contributed by atoms with van der Waals surface area (Å²) in [7, 11) is 0. The Hall–Kier alpha value is -3.82. The fourth-order valence-corrected chi connectivity index (χ4v) is 3.22. The lowest BCUT2D eigenvalue weighted by Gasteiger charge is -2.38. The van der Waals surface area contributed by atoms with Crippen molar-refractivity contribution in [1.82, 2.24) is 20.0 Å². The summed E-state index contributed by atoms with van der Waals surface area (Å²) in [5.74, 6) is -2.73. The number of nitrogens with zero attached hydrogens (tertiary/aromatic N) is 3. The van der Waals surface area contributed by atoms with Crippen LogP contribution in [0.4, 0.5) is 8.78 Å². The predicted molar refractivity (Wildman–Crippen MR) is 105 cm³/mol. The van der Waals surface area contributed by atoms with Gasteiger partial charge in [-0.2, -0.15) is 5.10 Å². The molecule has 1 N–H and O–H groups in total. The molecule has 1 saturated heterocycles. The number of carbonyl (C=O) groups is 2. The number of carbonyl (C=O) groups excluding carboxylic acids is 2. The van der Waals surface area contributed by atoms with Crippen LogP contribution < -0.4 is 10.9 Å². The van der Waals surface area contributed by atoms with Gasteiger partial charge in [0.15, 0.2) is 17.4 Å². The second-order valence-corrected chi connectivity index (χ2v) is 7.08. The van der Waals surface area contributed by atoms with Gasteiger partial charge in [0.05, 0.1) is 18.7 Å². The molecule has 0 spiro atoms. The quantitative estimate of drug-likeness (QED) is 0.644. The number of halogens is 2. The number of benzene rings is 1. The summed E-state index contributed by atoms with van der Waals surface area (Å²) in [6.07, 6.45) is 1.51. The van der Waals surface area contributed by atoms with Crippen LogP contribution in [0.3, 0.4) is 0 Å². The van der Waals surface area contributed by atoms with Gasteiger partial charge in [-0.15, -0.1) is 0 Å². The number of rotatable bonds is 6. The van der Waals surface area contributed by atoms with Gasteiger partial charge < -0.3 is 14.6 Å². The molecule has 31 heavy (non-hydrogen) atoms. The molecule has 3 heterocycles. The van der Waals surface area contributed by atoms with E-state index in [0.717, 1.165) is 12.1 Å². The van der Waals surface area contributed by atoms with Crippen molar-refractivity contribution in [3.63, 3.8) is 0 Å². The SMILES string of the molecule is O=C(NCCn1nc(-c2ccco2)ccc1=O)C1CN(C(=O)c2ccc(F)c(F)c2)C1. The van der Waals surface area contributed by atoms with Crippen LogP contribution in [0.2, 0.25) is 0 Å². The minimum Gasteiger partial charge on any atom is -0.463 e. The number of nitrogens with one attached hydrogen (secondary N) is 1. The Bertz CT molecular complexity index is 1170. The lowest BCUT2D eigenvalue weighted by molar-refractivity contribution is -0.129. The first-order valence-electron chi connectivity index (χ1n) is 9.56. The monoisotopic (exact) mass is 428 g/mol. The molecular weight excluding hydrogens is 410 g/mol. The molecule has 3 aromatic rings. The normalized spacial score (nSPS) is 13.7. The first-order valence-corrected chi connectivity index (χ1v) is 9.56. The highest BCUT2D eigenvalue weighted by Gasteiger charge is 2.36. The van der Waals surface area contributed by atoms with Gasteiger partial charge in [0.1, 0.15) is 5.69 Å². The van der Waals surface area contributed by atoms with Crippen molar-refractivity contribution in [3.05, 3.63) is 76.3 Å². The highest BCUT2D eigenvalue weighted by molar-refractivity contribution is 5.96. The number of hydrogen-bond acceptors (Lipinski definition) is 5. The molecule has 0 radical (unpaired) electrons. The van der Waals surface area contributed by atoms with Crippen LogP contribution in [0, 0.1) is 17.6 Å². The van der Waals surface area contributed by atoms with Gasteiger partial charge in [0, 0.05) is 31.3 Å². The molecule has 2 aromatic heterocycles. The Labute approximate surface area is 175 Å². The largest absolute Gasteiger partial charge is 0.463 e. The van der Waals surface area contributed by atoms with E-state index in [2.05, 4.69) is 10.4 Å². The Morgan fingerprint density at radius 2 is 1.94 bits per heavy atom. The fraction of sp³-hybridized carbons (Fsp3) is 0.238. The van der Waals surface area contributed by atoms with E-state index in [0.29, 0.717) is 11.5 Å². The third kappa shape index (κ3) is 4.37. The van der Waals surface area contributed by atoms with Crippen molar-refractivity contribution >= 4 is 11.8 Å². The van der Waals surface area contributed by atoms with E-state index in [1.807, 2.05) is 0 Å². The van der Waals surface area contributed by atoms with Crippen LogP contribution in [0.15, 0.2) is 57.9 Å². The molecule has 1 aliphatic rings. The van der Waals surface area contributed by atoms with Crippen molar-refractivity contribution in [2.24, 2.45) is 5.92 Å². The van der Waals surface area contributed by atoms with Crippen LogP contribution in [0.5, 0.6) is 0 Å². The van der Waals surface area contributed by atoms with E-state index >= 15 is 0 Å². The fourth-order valence-electron chi connectivity index (χ4n) is 3.22. The zero-order chi connectivity index (χ0) is 22.0. The summed E-state index contributed by atoms with van der Waals surface area (Å²) >= 11 is 0. The van der Waals surface area contributed by atoms with Gasteiger partial charge in [-0.05, 0) is 36.4 Å². The molecule has 1 aliphatic heterocycles. The Kier molecular flexibility index (Phi) is 5.61. The molecule has 2 amide bonds. The number of hydrogen-bond donors (Lipinski definition) is 1. The van der Waals surface area contributed by atoms with Gasteiger partial charge in [-0.25, -0.2) is 13.5 Å². The lowest BCUT2D eigenvalue weighted by atomic mass is 9.98. The molecule has 0 saturated carbocycles. The van der Waals surface area contributed by atoms with Gasteiger partial charge in [0.2, 0.25) is 5.91 Å². The first-order chi connectivity index (χ1) is 14.9. The summed E-state index contributed by atoms with van der Waals surface area (Å²) in [6, 6.07) is 9.31. The predicted octanol–water partition coefficient (Wildman–Crippen LogP) is 1.67. The van der Waals surface area contributed by atoms with Crippen molar-refractivity contribution in [2.45, 2.75) is 6.54 Å². The topological polar surface area (TPSA) is 97.4 Å². The average Bonchev–Trinajstić information content (AvgIpc) is 3.25. The van der Waals surface area contributed by atoms with Crippen LogP contribution in [0.25, 0.3) is 11.5 Å². The zero-order valence-corrected chi connectivity index (χ0v) is 16.3. The third-order valence-corrected chi connectivity index (χ3v) is 4.97. The average molecular weight is 428 g/mol. The highest BCUT2D eigenvalue weighted by atomic mass is 19.2. The second-order valence-electron chi connectivity index (χ2n) is 7.08. The van der Waals surface area contributed by atoms with E-state index in [1.165, 1.54) is 28.0 Å². The van der Waals surface area contributed by atoms with Crippen molar-refractivity contribution in [1.29, 1.82) is 0 Å². The number of likely N-dealkylation sites (tertiary alicyclic amines) is 1. The van der Waals surface area contributed by atoms with Crippen molar-refractivity contribution < 1.29 is 22.8 Å². The molecule has 0 atom stereocenters.